The first-order valence-electron chi connectivity index (χ1n) is 4.33. The molecule has 1 unspecified atom stereocenters. The van der Waals surface area contributed by atoms with Crippen LogP contribution in [0.15, 0.2) is 24.3 Å². The third kappa shape index (κ3) is 4.17. The Morgan fingerprint density at radius 1 is 1.29 bits per heavy atom. The molecule has 0 radical (unpaired) electrons. The normalized spacial score (nSPS) is 12.9. The van der Waals surface area contributed by atoms with E-state index >= 15 is 0 Å². The van der Waals surface area contributed by atoms with Gasteiger partial charge in [-0.05, 0) is 43.0 Å². The molecule has 2 nitrogen and oxygen atoms in total. The van der Waals surface area contributed by atoms with E-state index in [2.05, 4.69) is 31.1 Å². The van der Waals surface area contributed by atoms with Crippen molar-refractivity contribution in [1.82, 2.24) is 4.90 Å². The molecule has 0 N–H and O–H groups in total. The van der Waals surface area contributed by atoms with Crippen LogP contribution in [0, 0.1) is 0 Å². The number of benzene rings is 1. The summed E-state index contributed by atoms with van der Waals surface area (Å²) in [5.74, 6) is 0.855. The van der Waals surface area contributed by atoms with Gasteiger partial charge in [-0.15, -0.1) is 0 Å². The van der Waals surface area contributed by atoms with Crippen LogP contribution in [-0.2, 0) is 27.5 Å². The molecule has 1 aromatic carbocycles. The molecule has 1 atom stereocenters. The van der Waals surface area contributed by atoms with Gasteiger partial charge in [0.25, 0.3) is 0 Å². The second kappa shape index (κ2) is 5.44. The zero-order chi connectivity index (χ0) is 10.6. The Bertz CT molecular complexity index is 308. The van der Waals surface area contributed by atoms with Crippen molar-refractivity contribution in [3.63, 3.8) is 0 Å². The molecule has 0 spiro atoms. The van der Waals surface area contributed by atoms with E-state index in [1.165, 1.54) is 5.56 Å². The number of nitrogens with zero attached hydrogens (tertiary/aromatic N) is 1. The molecule has 1 rings (SSSR count). The molecule has 0 aliphatic heterocycles. The Balaban J connectivity index is 2.63. The highest BCUT2D eigenvalue weighted by molar-refractivity contribution is 8.26. The van der Waals surface area contributed by atoms with E-state index in [1.807, 2.05) is 18.4 Å². The minimum atomic E-state index is -0.411. The van der Waals surface area contributed by atoms with Crippen LogP contribution < -0.4 is 4.18 Å². The van der Waals surface area contributed by atoms with E-state index in [4.69, 9.17) is 15.4 Å². The third-order valence-corrected chi connectivity index (χ3v) is 2.27. The van der Waals surface area contributed by atoms with Crippen molar-refractivity contribution in [3.05, 3.63) is 29.8 Å². The largest absolute Gasteiger partial charge is 0.424 e. The van der Waals surface area contributed by atoms with Gasteiger partial charge < -0.3 is 9.08 Å². The SMILES string of the molecule is CN(C)Cc1ccc(OS(C)=S)cc1. The second-order valence-corrected chi connectivity index (χ2v) is 5.74. The van der Waals surface area contributed by atoms with Crippen LogP contribution in [0.3, 0.4) is 0 Å². The summed E-state index contributed by atoms with van der Waals surface area (Å²) in [5.41, 5.74) is 1.28. The van der Waals surface area contributed by atoms with Crippen molar-refractivity contribution in [1.29, 1.82) is 0 Å². The lowest BCUT2D eigenvalue weighted by Gasteiger charge is -2.10. The van der Waals surface area contributed by atoms with Crippen LogP contribution in [0.4, 0.5) is 0 Å². The first-order chi connectivity index (χ1) is 6.58. The topological polar surface area (TPSA) is 12.5 Å². The Hall–Kier alpha value is -0.450. The predicted molar refractivity (Wildman–Crippen MR) is 65.1 cm³/mol. The zero-order valence-electron chi connectivity index (χ0n) is 8.69. The molecule has 0 amide bonds. The first kappa shape index (κ1) is 11.6. The summed E-state index contributed by atoms with van der Waals surface area (Å²) < 4.78 is 5.40. The van der Waals surface area contributed by atoms with E-state index in [1.54, 1.807) is 0 Å². The standard InChI is InChI=1S/C10H15NOS2/c1-11(2)8-9-4-6-10(7-5-9)12-14(3)13/h4-7H,8H2,1-3H3. The van der Waals surface area contributed by atoms with E-state index in [-0.39, 0.29) is 0 Å². The quantitative estimate of drug-likeness (QED) is 0.780. The maximum Gasteiger partial charge on any atom is 0.137 e. The van der Waals surface area contributed by atoms with Gasteiger partial charge in [0.1, 0.15) is 5.75 Å². The highest BCUT2D eigenvalue weighted by Crippen LogP contribution is 2.13. The highest BCUT2D eigenvalue weighted by Gasteiger charge is 1.97. The second-order valence-electron chi connectivity index (χ2n) is 3.37. The van der Waals surface area contributed by atoms with Crippen molar-refractivity contribution in [2.45, 2.75) is 6.54 Å². The van der Waals surface area contributed by atoms with Gasteiger partial charge in [-0.1, -0.05) is 12.1 Å². The maximum atomic E-state index is 5.40. The number of rotatable bonds is 4. The Labute approximate surface area is 92.7 Å². The van der Waals surface area contributed by atoms with Gasteiger partial charge in [-0.25, -0.2) is 0 Å². The van der Waals surface area contributed by atoms with Gasteiger partial charge in [-0.3, -0.25) is 0 Å². The molecule has 0 aliphatic carbocycles. The van der Waals surface area contributed by atoms with Crippen molar-refractivity contribution < 1.29 is 4.18 Å². The molecule has 0 heterocycles. The van der Waals surface area contributed by atoms with Gasteiger partial charge in [-0.2, -0.15) is 0 Å². The Morgan fingerprint density at radius 3 is 2.29 bits per heavy atom. The summed E-state index contributed by atoms with van der Waals surface area (Å²) in [5, 5.41) is 0. The fourth-order valence-electron chi connectivity index (χ4n) is 1.15. The smallest absolute Gasteiger partial charge is 0.137 e. The summed E-state index contributed by atoms with van der Waals surface area (Å²) in [4.78, 5) is 2.13. The van der Waals surface area contributed by atoms with Gasteiger partial charge in [0.2, 0.25) is 0 Å². The monoisotopic (exact) mass is 229 g/mol. The molecule has 0 aromatic heterocycles. The summed E-state index contributed by atoms with van der Waals surface area (Å²) in [7, 11) is 3.69. The van der Waals surface area contributed by atoms with E-state index in [0.717, 1.165) is 12.3 Å². The Morgan fingerprint density at radius 2 is 1.86 bits per heavy atom. The zero-order valence-corrected chi connectivity index (χ0v) is 10.3. The lowest BCUT2D eigenvalue weighted by atomic mass is 10.2. The van der Waals surface area contributed by atoms with Crippen molar-refractivity contribution in [2.24, 2.45) is 0 Å². The molecule has 0 fully saturated rings. The molecule has 0 aliphatic rings. The van der Waals surface area contributed by atoms with Crippen LogP contribution in [0.2, 0.25) is 0 Å². The van der Waals surface area contributed by atoms with E-state index in [0.29, 0.717) is 0 Å². The predicted octanol–water partition coefficient (Wildman–Crippen LogP) is 1.75. The van der Waals surface area contributed by atoms with E-state index in [9.17, 15) is 0 Å². The van der Waals surface area contributed by atoms with Crippen LogP contribution in [-0.4, -0.2) is 25.3 Å². The number of hydrogen-bond acceptors (Lipinski definition) is 3. The number of hydrogen-bond donors (Lipinski definition) is 0. The molecule has 4 heteroatoms. The Kier molecular flexibility index (Phi) is 4.51. The first-order valence-corrected chi connectivity index (χ1v) is 6.81. The summed E-state index contributed by atoms with van der Waals surface area (Å²) in [6.07, 6.45) is 1.88. The van der Waals surface area contributed by atoms with Crippen LogP contribution >= 0.6 is 0 Å². The molecule has 0 saturated heterocycles. The molecule has 14 heavy (non-hydrogen) atoms. The molecular weight excluding hydrogens is 214 g/mol. The van der Waals surface area contributed by atoms with Gasteiger partial charge in [0.05, 0.1) is 9.74 Å². The van der Waals surface area contributed by atoms with Gasteiger partial charge in [0.15, 0.2) is 0 Å². The van der Waals surface area contributed by atoms with Crippen molar-refractivity contribution in [2.75, 3.05) is 20.4 Å². The fraction of sp³-hybridized carbons (Fsp3) is 0.400. The summed E-state index contributed by atoms with van der Waals surface area (Å²) in [6.45, 7) is 0.950. The van der Waals surface area contributed by atoms with E-state index < -0.39 is 9.74 Å². The van der Waals surface area contributed by atoms with Crippen LogP contribution in [0.5, 0.6) is 5.75 Å². The minimum Gasteiger partial charge on any atom is -0.424 e. The van der Waals surface area contributed by atoms with Gasteiger partial charge >= 0.3 is 0 Å². The molecule has 1 aromatic rings. The van der Waals surface area contributed by atoms with Crippen molar-refractivity contribution in [3.8, 4) is 5.75 Å². The van der Waals surface area contributed by atoms with Crippen LogP contribution in [0.1, 0.15) is 5.56 Å². The van der Waals surface area contributed by atoms with Gasteiger partial charge in [0, 0.05) is 12.8 Å². The molecule has 78 valence electrons. The lowest BCUT2D eigenvalue weighted by molar-refractivity contribution is 0.402. The highest BCUT2D eigenvalue weighted by atomic mass is 32.8. The fourth-order valence-corrected chi connectivity index (χ4v) is 1.77. The minimum absolute atomic E-state index is 0.411. The van der Waals surface area contributed by atoms with Crippen LogP contribution in [0.25, 0.3) is 0 Å². The summed E-state index contributed by atoms with van der Waals surface area (Å²) in [6, 6.07) is 8.07. The molecule has 0 saturated carbocycles. The molecule has 0 bridgehead atoms. The lowest BCUT2D eigenvalue weighted by Crippen LogP contribution is -2.10. The third-order valence-electron chi connectivity index (χ3n) is 1.64. The van der Waals surface area contributed by atoms with Crippen molar-refractivity contribution >= 4 is 20.9 Å². The maximum absolute atomic E-state index is 5.40. The average molecular weight is 229 g/mol. The summed E-state index contributed by atoms with van der Waals surface area (Å²) >= 11 is 4.96. The average Bonchev–Trinajstić information content (AvgIpc) is 2.06. The molecular formula is C10H15NOS2.